The first-order valence-electron chi connectivity index (χ1n) is 4.23. The second-order valence-corrected chi connectivity index (χ2v) is 2.78. The lowest BCUT2D eigenvalue weighted by Gasteiger charge is -2.02. The summed E-state index contributed by atoms with van der Waals surface area (Å²) in [6.07, 6.45) is 2.81. The highest BCUT2D eigenvalue weighted by Gasteiger charge is 2.02. The average molecular weight is 206 g/mol. The van der Waals surface area contributed by atoms with Crippen molar-refractivity contribution in [3.63, 3.8) is 0 Å². The van der Waals surface area contributed by atoms with Crippen LogP contribution in [0.3, 0.4) is 0 Å². The summed E-state index contributed by atoms with van der Waals surface area (Å²) < 4.78 is 17.7. The Morgan fingerprint density at radius 2 is 2.00 bits per heavy atom. The molecular formula is C10H7FN2O2. The highest BCUT2D eigenvalue weighted by Crippen LogP contribution is 2.15. The summed E-state index contributed by atoms with van der Waals surface area (Å²) in [6, 6.07) is 5.33. The minimum atomic E-state index is -0.429. The van der Waals surface area contributed by atoms with Crippen molar-refractivity contribution in [1.82, 2.24) is 9.97 Å². The SMILES string of the molecule is O=c1[nH]ccnc1Oc1ccc(F)cc1. The number of ether oxygens (including phenoxy) is 1. The third kappa shape index (κ3) is 2.19. The molecule has 15 heavy (non-hydrogen) atoms. The second kappa shape index (κ2) is 3.91. The zero-order valence-electron chi connectivity index (χ0n) is 7.61. The van der Waals surface area contributed by atoms with Gasteiger partial charge in [-0.2, -0.15) is 0 Å². The fourth-order valence-corrected chi connectivity index (χ4v) is 1.03. The highest BCUT2D eigenvalue weighted by molar-refractivity contribution is 5.25. The van der Waals surface area contributed by atoms with E-state index < -0.39 is 5.56 Å². The Kier molecular flexibility index (Phi) is 2.45. The van der Waals surface area contributed by atoms with Gasteiger partial charge in [-0.15, -0.1) is 0 Å². The van der Waals surface area contributed by atoms with Crippen LogP contribution >= 0.6 is 0 Å². The van der Waals surface area contributed by atoms with E-state index in [1.807, 2.05) is 0 Å². The quantitative estimate of drug-likeness (QED) is 0.813. The molecular weight excluding hydrogens is 199 g/mol. The zero-order valence-corrected chi connectivity index (χ0v) is 7.61. The van der Waals surface area contributed by atoms with Crippen LogP contribution in [-0.4, -0.2) is 9.97 Å². The molecule has 0 radical (unpaired) electrons. The Hall–Kier alpha value is -2.17. The number of nitrogens with zero attached hydrogens (tertiary/aromatic N) is 1. The highest BCUT2D eigenvalue weighted by atomic mass is 19.1. The molecule has 0 aliphatic rings. The van der Waals surface area contributed by atoms with Gasteiger partial charge < -0.3 is 9.72 Å². The molecule has 4 nitrogen and oxygen atoms in total. The number of aromatic nitrogens is 2. The third-order valence-electron chi connectivity index (χ3n) is 1.70. The van der Waals surface area contributed by atoms with E-state index in [1.165, 1.54) is 36.7 Å². The van der Waals surface area contributed by atoms with Gasteiger partial charge in [0.25, 0.3) is 5.88 Å². The predicted molar refractivity (Wildman–Crippen MR) is 51.3 cm³/mol. The van der Waals surface area contributed by atoms with Crippen LogP contribution < -0.4 is 10.3 Å². The topological polar surface area (TPSA) is 55.0 Å². The summed E-state index contributed by atoms with van der Waals surface area (Å²) in [6.45, 7) is 0. The van der Waals surface area contributed by atoms with Crippen molar-refractivity contribution in [2.75, 3.05) is 0 Å². The van der Waals surface area contributed by atoms with Gasteiger partial charge in [0, 0.05) is 12.4 Å². The van der Waals surface area contributed by atoms with Crippen molar-refractivity contribution in [3.8, 4) is 11.6 Å². The van der Waals surface area contributed by atoms with Gasteiger partial charge in [0.05, 0.1) is 0 Å². The van der Waals surface area contributed by atoms with Crippen LogP contribution in [-0.2, 0) is 0 Å². The van der Waals surface area contributed by atoms with Gasteiger partial charge in [0.2, 0.25) is 0 Å². The van der Waals surface area contributed by atoms with Crippen molar-refractivity contribution in [2.45, 2.75) is 0 Å². The van der Waals surface area contributed by atoms with Crippen LogP contribution in [0.15, 0.2) is 41.5 Å². The normalized spacial score (nSPS) is 9.93. The molecule has 1 aromatic heterocycles. The van der Waals surface area contributed by atoms with Crippen molar-refractivity contribution in [3.05, 3.63) is 52.8 Å². The lowest BCUT2D eigenvalue weighted by molar-refractivity contribution is 0.452. The number of nitrogens with one attached hydrogen (secondary N) is 1. The standard InChI is InChI=1S/C10H7FN2O2/c11-7-1-3-8(4-2-7)15-10-9(14)12-5-6-13-10/h1-6H,(H,12,14). The molecule has 0 atom stereocenters. The summed E-state index contributed by atoms with van der Waals surface area (Å²) in [5.74, 6) is -0.0676. The first-order chi connectivity index (χ1) is 7.25. The molecule has 5 heteroatoms. The van der Waals surface area contributed by atoms with Crippen LogP contribution in [0.5, 0.6) is 11.6 Å². The molecule has 0 spiro atoms. The van der Waals surface area contributed by atoms with Crippen molar-refractivity contribution < 1.29 is 9.13 Å². The van der Waals surface area contributed by atoms with Crippen molar-refractivity contribution in [2.24, 2.45) is 0 Å². The van der Waals surface area contributed by atoms with Gasteiger partial charge in [-0.25, -0.2) is 9.37 Å². The van der Waals surface area contributed by atoms with E-state index in [1.54, 1.807) is 0 Å². The van der Waals surface area contributed by atoms with Crippen LogP contribution in [0.25, 0.3) is 0 Å². The molecule has 2 aromatic rings. The summed E-state index contributed by atoms with van der Waals surface area (Å²) in [4.78, 5) is 17.3. The van der Waals surface area contributed by atoms with Crippen LogP contribution in [0.4, 0.5) is 4.39 Å². The minimum Gasteiger partial charge on any atom is -0.435 e. The molecule has 0 bridgehead atoms. The Labute approximate surface area is 84.4 Å². The molecule has 0 saturated heterocycles. The smallest absolute Gasteiger partial charge is 0.311 e. The molecule has 1 heterocycles. The average Bonchev–Trinajstić information content (AvgIpc) is 2.25. The molecule has 0 fully saturated rings. The monoisotopic (exact) mass is 206 g/mol. The number of halogens is 1. The number of hydrogen-bond acceptors (Lipinski definition) is 3. The maximum atomic E-state index is 12.6. The second-order valence-electron chi connectivity index (χ2n) is 2.78. The molecule has 2 rings (SSSR count). The van der Waals surface area contributed by atoms with Crippen LogP contribution in [0, 0.1) is 5.82 Å². The van der Waals surface area contributed by atoms with Crippen LogP contribution in [0.1, 0.15) is 0 Å². The Morgan fingerprint density at radius 3 is 2.67 bits per heavy atom. The maximum Gasteiger partial charge on any atom is 0.311 e. The lowest BCUT2D eigenvalue weighted by Crippen LogP contribution is -2.09. The van der Waals surface area contributed by atoms with E-state index in [2.05, 4.69) is 9.97 Å². The Morgan fingerprint density at radius 1 is 1.27 bits per heavy atom. The number of aromatic amines is 1. The Balaban J connectivity index is 2.26. The number of benzene rings is 1. The molecule has 1 N–H and O–H groups in total. The maximum absolute atomic E-state index is 12.6. The van der Waals surface area contributed by atoms with E-state index >= 15 is 0 Å². The Bertz CT molecular complexity index is 507. The summed E-state index contributed by atoms with van der Waals surface area (Å²) in [5.41, 5.74) is -0.429. The predicted octanol–water partition coefficient (Wildman–Crippen LogP) is 1.70. The van der Waals surface area contributed by atoms with E-state index in [9.17, 15) is 9.18 Å². The lowest BCUT2D eigenvalue weighted by atomic mass is 10.3. The third-order valence-corrected chi connectivity index (χ3v) is 1.70. The number of H-pyrrole nitrogens is 1. The van der Waals surface area contributed by atoms with Crippen molar-refractivity contribution in [1.29, 1.82) is 0 Å². The zero-order chi connectivity index (χ0) is 10.7. The molecule has 0 unspecified atom stereocenters. The molecule has 0 aliphatic heterocycles. The molecule has 0 saturated carbocycles. The summed E-state index contributed by atoms with van der Waals surface area (Å²) in [7, 11) is 0. The number of hydrogen-bond donors (Lipinski definition) is 1. The molecule has 76 valence electrons. The number of rotatable bonds is 2. The van der Waals surface area contributed by atoms with Gasteiger partial charge in [-0.05, 0) is 24.3 Å². The fourth-order valence-electron chi connectivity index (χ4n) is 1.03. The first kappa shape index (κ1) is 9.39. The molecule has 1 aromatic carbocycles. The van der Waals surface area contributed by atoms with E-state index in [-0.39, 0.29) is 11.7 Å². The summed E-state index contributed by atoms with van der Waals surface area (Å²) in [5, 5.41) is 0. The van der Waals surface area contributed by atoms with E-state index in [0.29, 0.717) is 5.75 Å². The van der Waals surface area contributed by atoms with E-state index in [0.717, 1.165) is 0 Å². The van der Waals surface area contributed by atoms with Crippen LogP contribution in [0.2, 0.25) is 0 Å². The van der Waals surface area contributed by atoms with Gasteiger partial charge in [-0.1, -0.05) is 0 Å². The van der Waals surface area contributed by atoms with Gasteiger partial charge >= 0.3 is 5.56 Å². The molecule has 0 aliphatic carbocycles. The van der Waals surface area contributed by atoms with E-state index in [4.69, 9.17) is 4.74 Å². The first-order valence-corrected chi connectivity index (χ1v) is 4.23. The van der Waals surface area contributed by atoms with Crippen molar-refractivity contribution >= 4 is 0 Å². The van der Waals surface area contributed by atoms with Gasteiger partial charge in [0.15, 0.2) is 0 Å². The largest absolute Gasteiger partial charge is 0.435 e. The fraction of sp³-hybridized carbons (Fsp3) is 0. The molecule has 0 amide bonds. The van der Waals surface area contributed by atoms with Gasteiger partial charge in [-0.3, -0.25) is 4.79 Å². The summed E-state index contributed by atoms with van der Waals surface area (Å²) >= 11 is 0. The van der Waals surface area contributed by atoms with Gasteiger partial charge in [0.1, 0.15) is 11.6 Å². The minimum absolute atomic E-state index is 0.0656.